The maximum absolute atomic E-state index is 10.4. The van der Waals surface area contributed by atoms with Crippen molar-refractivity contribution in [2.45, 2.75) is 52.1 Å². The first kappa shape index (κ1) is 27.4. The highest BCUT2D eigenvalue weighted by Crippen LogP contribution is 2.12. The predicted molar refractivity (Wildman–Crippen MR) is 115 cm³/mol. The van der Waals surface area contributed by atoms with Crippen molar-refractivity contribution in [1.82, 2.24) is 4.42 Å². The molecule has 0 aliphatic carbocycles. The molecule has 11 heteroatoms. The molecule has 0 bridgehead atoms. The van der Waals surface area contributed by atoms with Gasteiger partial charge in [-0.3, -0.25) is 9.59 Å². The van der Waals surface area contributed by atoms with E-state index in [4.69, 9.17) is 33.8 Å². The molecule has 1 fully saturated rings. The lowest BCUT2D eigenvalue weighted by molar-refractivity contribution is -0.132. The van der Waals surface area contributed by atoms with Crippen molar-refractivity contribution >= 4 is 62.7 Å². The van der Waals surface area contributed by atoms with E-state index in [1.54, 1.807) is 0 Å². The van der Waals surface area contributed by atoms with E-state index >= 15 is 0 Å². The Labute approximate surface area is 172 Å². The van der Waals surface area contributed by atoms with Crippen molar-refractivity contribution in [2.75, 3.05) is 0 Å². The van der Waals surface area contributed by atoms with Gasteiger partial charge in [0.1, 0.15) is 22.4 Å². The van der Waals surface area contributed by atoms with Gasteiger partial charge in [0.2, 0.25) is 17.0 Å². The number of halogens is 2. The Hall–Kier alpha value is -1.79. The number of oxime groups is 2. The van der Waals surface area contributed by atoms with Crippen LogP contribution in [0.4, 0.5) is 0 Å². The molecule has 0 aromatic carbocycles. The summed E-state index contributed by atoms with van der Waals surface area (Å²) in [5, 5.41) is 21.5. The maximum Gasteiger partial charge on any atom is 0.244 e. The van der Waals surface area contributed by atoms with Gasteiger partial charge in [0.25, 0.3) is 0 Å². The Morgan fingerprint density at radius 3 is 1.74 bits per heavy atom. The van der Waals surface area contributed by atoms with Crippen LogP contribution in [-0.2, 0) is 9.59 Å². The molecule has 1 heterocycles. The maximum atomic E-state index is 10.4. The third-order valence-electron chi connectivity index (χ3n) is 2.19. The highest BCUT2D eigenvalue weighted by Gasteiger charge is 2.26. The van der Waals surface area contributed by atoms with Gasteiger partial charge in [0, 0.05) is 24.6 Å². The highest BCUT2D eigenvalue weighted by molar-refractivity contribution is 6.85. The molecule has 0 saturated carbocycles. The lowest BCUT2D eigenvalue weighted by Gasteiger charge is -2.02. The number of amides is 2. The summed E-state index contributed by atoms with van der Waals surface area (Å²) in [5.74, 6) is 4.60. The zero-order chi connectivity index (χ0) is 21.7. The molecule has 150 valence electrons. The van der Waals surface area contributed by atoms with Crippen LogP contribution in [0.25, 0.3) is 0 Å². The van der Waals surface area contributed by atoms with Crippen molar-refractivity contribution in [1.29, 1.82) is 0 Å². The van der Waals surface area contributed by atoms with Crippen LogP contribution in [-0.4, -0.2) is 54.2 Å². The molecule has 2 amide bonds. The zero-order valence-corrected chi connectivity index (χ0v) is 19.8. The van der Waals surface area contributed by atoms with E-state index in [-0.39, 0.29) is 29.8 Å². The smallest absolute Gasteiger partial charge is 0.244 e. The number of carbonyl (C=O) groups excluding carboxylic acids is 2. The van der Waals surface area contributed by atoms with Gasteiger partial charge in [-0.25, -0.2) is 0 Å². The number of rotatable bonds is 0. The normalized spacial score (nSPS) is 14.2. The molecule has 1 aliphatic rings. The quantitative estimate of drug-likeness (QED) is 0.112. The third-order valence-corrected chi connectivity index (χ3v) is 4.51. The minimum atomic E-state index is -1.37. The standard InChI is InChI=1S/C6H10ClNOSi.C6H11NOSi.C4H4ClNO2/c1-10(2,3)5-4-6(7)8-9;1-9(2,3)6-4-5-7-8;5-6-3(7)1-2-4(6)8/h9H,1-3H3;5,8H,1-3H3;1-2H2/b8-6-;7-5+;. The summed E-state index contributed by atoms with van der Waals surface area (Å²) >= 11 is 10.5. The minimum absolute atomic E-state index is 0.0394. The first-order chi connectivity index (χ1) is 12.2. The van der Waals surface area contributed by atoms with Gasteiger partial charge >= 0.3 is 0 Å². The molecule has 1 saturated heterocycles. The molecule has 2 N–H and O–H groups in total. The molecule has 0 spiro atoms. The summed E-state index contributed by atoms with van der Waals surface area (Å²) in [7, 11) is -2.63. The summed E-state index contributed by atoms with van der Waals surface area (Å²) in [4.78, 5) is 20.7. The fourth-order valence-corrected chi connectivity index (χ4v) is 2.38. The average Bonchev–Trinajstić information content (AvgIpc) is 2.83. The van der Waals surface area contributed by atoms with Crippen molar-refractivity contribution in [3.8, 4) is 22.9 Å². The van der Waals surface area contributed by atoms with Gasteiger partial charge in [-0.2, -0.15) is 4.42 Å². The Balaban J connectivity index is 0. The predicted octanol–water partition coefficient (Wildman–Crippen LogP) is 3.51. The summed E-state index contributed by atoms with van der Waals surface area (Å²) in [5.41, 5.74) is 5.94. The monoisotopic (exact) mass is 449 g/mol. The van der Waals surface area contributed by atoms with Crippen LogP contribution in [0.5, 0.6) is 0 Å². The second kappa shape index (κ2) is 13.4. The Kier molecular flexibility index (Phi) is 13.6. The van der Waals surface area contributed by atoms with Crippen LogP contribution in [0.2, 0.25) is 39.3 Å². The van der Waals surface area contributed by atoms with E-state index < -0.39 is 16.1 Å². The molecule has 7 nitrogen and oxygen atoms in total. The third kappa shape index (κ3) is 18.8. The van der Waals surface area contributed by atoms with Crippen LogP contribution >= 0.6 is 23.4 Å². The molecular formula is C16H25Cl2N3O4Si2. The summed E-state index contributed by atoms with van der Waals surface area (Å²) in [6, 6.07) is 0. The van der Waals surface area contributed by atoms with Crippen molar-refractivity contribution in [3.05, 3.63) is 0 Å². The van der Waals surface area contributed by atoms with E-state index in [1.165, 1.54) is 6.21 Å². The fraction of sp³-hybridized carbons (Fsp3) is 0.500. The largest absolute Gasteiger partial charge is 0.410 e. The second-order valence-electron chi connectivity index (χ2n) is 7.22. The van der Waals surface area contributed by atoms with Crippen LogP contribution in [0.1, 0.15) is 12.8 Å². The van der Waals surface area contributed by atoms with Gasteiger partial charge in [0.15, 0.2) is 0 Å². The Morgan fingerprint density at radius 2 is 1.48 bits per heavy atom. The number of hydrogen-bond acceptors (Lipinski definition) is 6. The summed E-state index contributed by atoms with van der Waals surface area (Å²) in [6.07, 6.45) is 1.74. The number of nitrogens with zero attached hydrogens (tertiary/aromatic N) is 3. The lowest BCUT2D eigenvalue weighted by atomic mass is 10.4. The molecule has 0 atom stereocenters. The number of imide groups is 1. The van der Waals surface area contributed by atoms with E-state index in [0.717, 1.165) is 0 Å². The topological polar surface area (TPSA) is 103 Å². The molecular weight excluding hydrogens is 425 g/mol. The minimum Gasteiger partial charge on any atom is -0.410 e. The van der Waals surface area contributed by atoms with E-state index in [2.05, 4.69) is 72.5 Å². The summed E-state index contributed by atoms with van der Waals surface area (Å²) in [6.45, 7) is 12.6. The van der Waals surface area contributed by atoms with Crippen LogP contribution in [0.3, 0.4) is 0 Å². The molecule has 0 unspecified atom stereocenters. The lowest BCUT2D eigenvalue weighted by Crippen LogP contribution is -2.16. The highest BCUT2D eigenvalue weighted by atomic mass is 35.5. The van der Waals surface area contributed by atoms with Gasteiger partial charge in [-0.05, 0) is 17.5 Å². The first-order valence-corrected chi connectivity index (χ1v) is 15.6. The molecule has 1 rings (SSSR count). The first-order valence-electron chi connectivity index (χ1n) is 7.84. The summed E-state index contributed by atoms with van der Waals surface area (Å²) < 4.78 is 0.639. The van der Waals surface area contributed by atoms with Gasteiger partial charge in [-0.1, -0.05) is 55.5 Å². The van der Waals surface area contributed by atoms with Gasteiger partial charge in [0.05, 0.1) is 0 Å². The van der Waals surface area contributed by atoms with Gasteiger partial charge < -0.3 is 10.4 Å². The van der Waals surface area contributed by atoms with Gasteiger partial charge in [-0.15, -0.1) is 11.1 Å². The van der Waals surface area contributed by atoms with Crippen molar-refractivity contribution < 1.29 is 20.0 Å². The molecule has 0 radical (unpaired) electrons. The van der Waals surface area contributed by atoms with E-state index in [0.29, 0.717) is 4.42 Å². The second-order valence-corrected chi connectivity index (χ2v) is 17.4. The SMILES string of the molecule is C[Si](C)(C)C#C/C(Cl)=N/O.C[Si](C)(C)C#C/C=N/O.O=C1CCC(=O)N1Cl. The van der Waals surface area contributed by atoms with Crippen molar-refractivity contribution in [3.63, 3.8) is 0 Å². The van der Waals surface area contributed by atoms with Crippen molar-refractivity contribution in [2.24, 2.45) is 10.3 Å². The van der Waals surface area contributed by atoms with Crippen LogP contribution in [0, 0.1) is 22.9 Å². The average molecular weight is 450 g/mol. The number of hydrogen-bond donors (Lipinski definition) is 2. The molecule has 1 aliphatic heterocycles. The van der Waals surface area contributed by atoms with E-state index in [9.17, 15) is 9.59 Å². The molecule has 0 aromatic rings. The van der Waals surface area contributed by atoms with Crippen LogP contribution < -0.4 is 0 Å². The zero-order valence-electron chi connectivity index (χ0n) is 16.3. The Bertz CT molecular complexity index is 675. The molecule has 0 aromatic heterocycles. The Morgan fingerprint density at radius 1 is 1.04 bits per heavy atom. The van der Waals surface area contributed by atoms with Crippen LogP contribution in [0.15, 0.2) is 10.3 Å². The fourth-order valence-electron chi connectivity index (χ4n) is 1.09. The number of carbonyl (C=O) groups is 2. The molecule has 27 heavy (non-hydrogen) atoms. The van der Waals surface area contributed by atoms with E-state index in [1.807, 2.05) is 0 Å².